The second-order valence-corrected chi connectivity index (χ2v) is 17.1. The molecule has 0 amide bonds. The van der Waals surface area contributed by atoms with Crippen LogP contribution in [0.3, 0.4) is 0 Å². The zero-order valence-corrected chi connectivity index (χ0v) is 32.0. The maximum absolute atomic E-state index is 2.73. The quantitative estimate of drug-likeness (QED) is 0.109. The fourth-order valence-corrected chi connectivity index (χ4v) is 10.9. The normalized spacial score (nSPS) is 24.3. The molecule has 3 aromatic carbocycles. The van der Waals surface area contributed by atoms with Gasteiger partial charge in [-0.2, -0.15) is 4.57 Å². The van der Waals surface area contributed by atoms with Crippen molar-refractivity contribution in [3.05, 3.63) is 154 Å². The number of pyridine rings is 1. The summed E-state index contributed by atoms with van der Waals surface area (Å²) in [6.45, 7) is 9.81. The van der Waals surface area contributed by atoms with Crippen molar-refractivity contribution in [3.63, 3.8) is 0 Å². The molecule has 0 saturated heterocycles. The molecule has 0 radical (unpaired) electrons. The molecule has 9 rings (SSSR count). The number of aromatic nitrogens is 1. The van der Waals surface area contributed by atoms with Gasteiger partial charge >= 0.3 is 0 Å². The van der Waals surface area contributed by atoms with E-state index in [4.69, 9.17) is 0 Å². The average molecular weight is 683 g/mol. The van der Waals surface area contributed by atoms with Gasteiger partial charge in [-0.1, -0.05) is 131 Å². The molecule has 1 aliphatic heterocycles. The van der Waals surface area contributed by atoms with Crippen molar-refractivity contribution in [1.29, 1.82) is 0 Å². The third kappa shape index (κ3) is 5.28. The first-order chi connectivity index (χ1) is 25.4. The third-order valence-electron chi connectivity index (χ3n) is 14.1. The number of fused-ring (bicyclic) bond motifs is 9. The third-order valence-corrected chi connectivity index (χ3v) is 14.1. The standard InChI is InChI=1S/C51H56N/c1-5-50-35-51(50,6-2)52-34-41(38-23-15-10-16-24-38)27-29-48(52)44-33-46-43(32-47(44)50)42-28-26-40(31-45(42)49(46,3)4)39-25-17-22-37(30-39)21-12-8-7-11-18-36-19-13-9-14-20-36/h9-10,13-15,17,19-20,22-23,26-34,39H,5-8,11-12,16,18,21,24-25,35H2,1-4H3/q+1. The molecule has 1 nitrogen and oxygen atoms in total. The van der Waals surface area contributed by atoms with Gasteiger partial charge in [0, 0.05) is 35.8 Å². The van der Waals surface area contributed by atoms with Crippen molar-refractivity contribution >= 4 is 5.57 Å². The number of allylic oxidation sites excluding steroid dienone is 8. The van der Waals surface area contributed by atoms with Crippen LogP contribution in [-0.2, 0) is 22.8 Å². The van der Waals surface area contributed by atoms with Crippen LogP contribution in [0.1, 0.15) is 138 Å². The van der Waals surface area contributed by atoms with Gasteiger partial charge in [0.2, 0.25) is 5.69 Å². The molecule has 0 N–H and O–H groups in total. The minimum Gasteiger partial charge on any atom is -0.191 e. The molecule has 1 aromatic heterocycles. The lowest BCUT2D eigenvalue weighted by Crippen LogP contribution is -2.55. The van der Waals surface area contributed by atoms with Crippen LogP contribution >= 0.6 is 0 Å². The highest BCUT2D eigenvalue weighted by atomic mass is 15.2. The van der Waals surface area contributed by atoms with Crippen molar-refractivity contribution in [2.45, 2.75) is 127 Å². The van der Waals surface area contributed by atoms with Crippen LogP contribution in [0.4, 0.5) is 0 Å². The number of unbranched alkanes of at least 4 members (excludes halogenated alkanes) is 3. The first-order valence-electron chi connectivity index (χ1n) is 20.6. The molecule has 3 unspecified atom stereocenters. The molecule has 5 aliphatic rings. The molecular weight excluding hydrogens is 627 g/mol. The van der Waals surface area contributed by atoms with E-state index in [-0.39, 0.29) is 16.4 Å². The molecule has 4 aliphatic carbocycles. The lowest BCUT2D eigenvalue weighted by atomic mass is 9.75. The topological polar surface area (TPSA) is 3.88 Å². The molecule has 2 heterocycles. The van der Waals surface area contributed by atoms with Gasteiger partial charge in [-0.25, -0.2) is 0 Å². The van der Waals surface area contributed by atoms with Crippen LogP contribution in [0.15, 0.2) is 121 Å². The van der Waals surface area contributed by atoms with E-state index in [2.05, 4.69) is 148 Å². The summed E-state index contributed by atoms with van der Waals surface area (Å²) in [6, 6.07) is 28.6. The minimum absolute atomic E-state index is 0.0429. The molecule has 4 aromatic rings. The highest BCUT2D eigenvalue weighted by molar-refractivity contribution is 5.86. The Hall–Kier alpha value is -4.23. The maximum Gasteiger partial charge on any atom is 0.213 e. The SMILES string of the molecule is CCC12CC1(CC)[n+]1cc(C3=CC=CCC3)ccc1-c1cc3c(cc12)-c1ccc(C2C=C(CCCCCCc4ccccc4)C=CC2)cc1C3(C)C. The second kappa shape index (κ2) is 13.0. The summed E-state index contributed by atoms with van der Waals surface area (Å²) in [5.74, 6) is 0.461. The van der Waals surface area contributed by atoms with E-state index in [1.807, 2.05) is 0 Å². The molecule has 0 spiro atoms. The van der Waals surface area contributed by atoms with Crippen LogP contribution in [0.5, 0.6) is 0 Å². The number of nitrogens with zero attached hydrogens (tertiary/aromatic N) is 1. The Morgan fingerprint density at radius 3 is 2.35 bits per heavy atom. The predicted octanol–water partition coefficient (Wildman–Crippen LogP) is 13.0. The van der Waals surface area contributed by atoms with Crippen molar-refractivity contribution in [2.75, 3.05) is 0 Å². The summed E-state index contributed by atoms with van der Waals surface area (Å²) in [6.07, 6.45) is 31.4. The van der Waals surface area contributed by atoms with E-state index in [1.54, 1.807) is 5.56 Å². The average Bonchev–Trinajstić information content (AvgIpc) is 3.85. The van der Waals surface area contributed by atoms with Gasteiger partial charge in [0.25, 0.3) is 0 Å². The monoisotopic (exact) mass is 682 g/mol. The fraction of sp³-hybridized carbons (Fsp3) is 0.392. The number of hydrogen-bond acceptors (Lipinski definition) is 0. The molecule has 264 valence electrons. The van der Waals surface area contributed by atoms with Gasteiger partial charge in [0.1, 0.15) is 0 Å². The van der Waals surface area contributed by atoms with E-state index in [0.29, 0.717) is 5.92 Å². The molecule has 52 heavy (non-hydrogen) atoms. The Morgan fingerprint density at radius 1 is 0.750 bits per heavy atom. The summed E-state index contributed by atoms with van der Waals surface area (Å²) in [5.41, 5.74) is 18.1. The molecular formula is C51H56N+. The van der Waals surface area contributed by atoms with Crippen LogP contribution in [-0.4, -0.2) is 0 Å². The number of hydrogen-bond donors (Lipinski definition) is 0. The predicted molar refractivity (Wildman–Crippen MR) is 219 cm³/mol. The van der Waals surface area contributed by atoms with Gasteiger partial charge in [0.15, 0.2) is 11.7 Å². The summed E-state index contributed by atoms with van der Waals surface area (Å²) in [5, 5.41) is 0. The summed E-state index contributed by atoms with van der Waals surface area (Å²) in [4.78, 5) is 0. The molecule has 0 bridgehead atoms. The van der Waals surface area contributed by atoms with Gasteiger partial charge in [0.05, 0.1) is 11.0 Å². The van der Waals surface area contributed by atoms with Crippen LogP contribution in [0, 0.1) is 0 Å². The van der Waals surface area contributed by atoms with Gasteiger partial charge < -0.3 is 0 Å². The molecule has 1 fully saturated rings. The lowest BCUT2D eigenvalue weighted by Gasteiger charge is -2.31. The fourth-order valence-electron chi connectivity index (χ4n) is 10.9. The van der Waals surface area contributed by atoms with Crippen LogP contribution < -0.4 is 4.57 Å². The molecule has 3 atom stereocenters. The number of aryl methyl sites for hydroxylation is 1. The van der Waals surface area contributed by atoms with Crippen molar-refractivity contribution in [3.8, 4) is 22.4 Å². The Kier molecular flexibility index (Phi) is 8.41. The van der Waals surface area contributed by atoms with Crippen LogP contribution in [0.25, 0.3) is 28.0 Å². The summed E-state index contributed by atoms with van der Waals surface area (Å²) < 4.78 is 2.73. The highest BCUT2D eigenvalue weighted by Crippen LogP contribution is 2.68. The van der Waals surface area contributed by atoms with Crippen LogP contribution in [0.2, 0.25) is 0 Å². The zero-order chi connectivity index (χ0) is 35.5. The molecule has 1 heteroatoms. The molecule has 1 saturated carbocycles. The maximum atomic E-state index is 2.73. The zero-order valence-electron chi connectivity index (χ0n) is 32.0. The number of benzene rings is 3. The van der Waals surface area contributed by atoms with E-state index in [1.165, 1.54) is 119 Å². The summed E-state index contributed by atoms with van der Waals surface area (Å²) >= 11 is 0. The van der Waals surface area contributed by atoms with Gasteiger partial charge in [-0.15, -0.1) is 0 Å². The first kappa shape index (κ1) is 33.6. The Morgan fingerprint density at radius 2 is 1.56 bits per heavy atom. The number of rotatable bonds is 11. The lowest BCUT2D eigenvalue weighted by molar-refractivity contribution is -0.736. The van der Waals surface area contributed by atoms with Crippen molar-refractivity contribution in [1.82, 2.24) is 0 Å². The van der Waals surface area contributed by atoms with Crippen molar-refractivity contribution < 1.29 is 4.57 Å². The van der Waals surface area contributed by atoms with Gasteiger partial charge in [-0.3, -0.25) is 0 Å². The van der Waals surface area contributed by atoms with E-state index < -0.39 is 0 Å². The highest BCUT2D eigenvalue weighted by Gasteiger charge is 2.76. The Balaban J connectivity index is 0.988. The minimum atomic E-state index is -0.0429. The second-order valence-electron chi connectivity index (χ2n) is 17.1. The first-order valence-corrected chi connectivity index (χ1v) is 20.6. The largest absolute Gasteiger partial charge is 0.213 e. The summed E-state index contributed by atoms with van der Waals surface area (Å²) in [7, 11) is 0. The Labute approximate surface area is 312 Å². The smallest absolute Gasteiger partial charge is 0.191 e. The Bertz CT molecular complexity index is 2150. The van der Waals surface area contributed by atoms with E-state index >= 15 is 0 Å². The van der Waals surface area contributed by atoms with E-state index in [9.17, 15) is 0 Å². The van der Waals surface area contributed by atoms with Gasteiger partial charge in [-0.05, 0) is 114 Å². The van der Waals surface area contributed by atoms with E-state index in [0.717, 1.165) is 19.3 Å². The van der Waals surface area contributed by atoms with Crippen molar-refractivity contribution in [2.24, 2.45) is 0 Å².